The van der Waals surface area contributed by atoms with Crippen LogP contribution in [0, 0.1) is 5.82 Å². The maximum Gasteiger partial charge on any atom is 0.264 e. The zero-order chi connectivity index (χ0) is 33.3. The van der Waals surface area contributed by atoms with Gasteiger partial charge in [-0.15, -0.1) is 0 Å². The highest BCUT2D eigenvalue weighted by atomic mass is 79.9. The van der Waals surface area contributed by atoms with Gasteiger partial charge in [-0.3, -0.25) is 13.9 Å². The standard InChI is InChI=1S/C35H37BrFN3O5S/c1-4-45-31-17-19-32(20-18-31)46(43,44)40(30-15-13-29(37)14-16-30)24-34(41)39(23-27-11-8-12-28(36)21-27)33(35(42)38-25(2)3)22-26-9-6-5-7-10-26/h5-21,25,33H,4,22-24H2,1-3H3,(H,38,42). The number of carbonyl (C=O) groups is 2. The summed E-state index contributed by atoms with van der Waals surface area (Å²) in [5.74, 6) is -1.05. The SMILES string of the molecule is CCOc1ccc(S(=O)(=O)N(CC(=O)N(Cc2cccc(Br)c2)C(Cc2ccccc2)C(=O)NC(C)C)c2ccc(F)cc2)cc1. The minimum absolute atomic E-state index is 0.0294. The van der Waals surface area contributed by atoms with E-state index in [0.717, 1.165) is 32.0 Å². The minimum atomic E-state index is -4.33. The predicted molar refractivity (Wildman–Crippen MR) is 180 cm³/mol. The van der Waals surface area contributed by atoms with Crippen LogP contribution < -0.4 is 14.4 Å². The second-order valence-electron chi connectivity index (χ2n) is 10.9. The number of nitrogens with zero attached hydrogens (tertiary/aromatic N) is 2. The topological polar surface area (TPSA) is 96.0 Å². The fraction of sp³-hybridized carbons (Fsp3) is 0.257. The van der Waals surface area contributed by atoms with Gasteiger partial charge in [-0.05, 0) is 92.6 Å². The normalized spacial score (nSPS) is 12.0. The Hall–Kier alpha value is -4.22. The van der Waals surface area contributed by atoms with Crippen molar-refractivity contribution in [2.45, 2.75) is 50.7 Å². The number of carbonyl (C=O) groups excluding carboxylic acids is 2. The zero-order valence-electron chi connectivity index (χ0n) is 25.9. The lowest BCUT2D eigenvalue weighted by molar-refractivity contribution is -0.140. The van der Waals surface area contributed by atoms with E-state index in [1.807, 2.05) is 75.4 Å². The van der Waals surface area contributed by atoms with Gasteiger partial charge in [-0.2, -0.15) is 0 Å². The van der Waals surface area contributed by atoms with Gasteiger partial charge in [0.05, 0.1) is 17.2 Å². The van der Waals surface area contributed by atoms with E-state index in [-0.39, 0.29) is 35.5 Å². The van der Waals surface area contributed by atoms with Gasteiger partial charge in [0, 0.05) is 23.5 Å². The van der Waals surface area contributed by atoms with Gasteiger partial charge in [-0.25, -0.2) is 12.8 Å². The molecule has 1 atom stereocenters. The summed E-state index contributed by atoms with van der Waals surface area (Å²) in [6.45, 7) is 5.27. The molecular formula is C35H37BrFN3O5S. The summed E-state index contributed by atoms with van der Waals surface area (Å²) in [5.41, 5.74) is 1.66. The summed E-state index contributed by atoms with van der Waals surface area (Å²) in [7, 11) is -4.33. The average Bonchev–Trinajstić information content (AvgIpc) is 3.02. The van der Waals surface area contributed by atoms with Crippen LogP contribution >= 0.6 is 15.9 Å². The smallest absolute Gasteiger partial charge is 0.264 e. The summed E-state index contributed by atoms with van der Waals surface area (Å²) in [5, 5.41) is 2.93. The Labute approximate surface area is 278 Å². The van der Waals surface area contributed by atoms with Crippen LogP contribution in [0.25, 0.3) is 0 Å². The van der Waals surface area contributed by atoms with Crippen molar-refractivity contribution in [2.75, 3.05) is 17.5 Å². The summed E-state index contributed by atoms with van der Waals surface area (Å²) < 4.78 is 49.4. The molecule has 0 aliphatic carbocycles. The Morgan fingerprint density at radius 2 is 1.54 bits per heavy atom. The van der Waals surface area contributed by atoms with Crippen LogP contribution in [0.2, 0.25) is 0 Å². The highest BCUT2D eigenvalue weighted by molar-refractivity contribution is 9.10. The molecule has 11 heteroatoms. The quantitative estimate of drug-likeness (QED) is 0.165. The second-order valence-corrected chi connectivity index (χ2v) is 13.7. The zero-order valence-corrected chi connectivity index (χ0v) is 28.3. The minimum Gasteiger partial charge on any atom is -0.494 e. The lowest BCUT2D eigenvalue weighted by Crippen LogP contribution is -2.54. The molecule has 0 aromatic heterocycles. The number of nitrogens with one attached hydrogen (secondary N) is 1. The highest BCUT2D eigenvalue weighted by Crippen LogP contribution is 2.27. The molecule has 0 bridgehead atoms. The molecule has 2 amide bonds. The van der Waals surface area contributed by atoms with E-state index in [2.05, 4.69) is 21.2 Å². The summed E-state index contributed by atoms with van der Waals surface area (Å²) in [4.78, 5) is 29.5. The van der Waals surface area contributed by atoms with Crippen LogP contribution in [0.3, 0.4) is 0 Å². The van der Waals surface area contributed by atoms with Crippen molar-refractivity contribution >= 4 is 43.5 Å². The van der Waals surface area contributed by atoms with E-state index < -0.39 is 34.3 Å². The molecule has 0 saturated carbocycles. The molecule has 0 aliphatic heterocycles. The van der Waals surface area contributed by atoms with Crippen molar-refractivity contribution in [1.82, 2.24) is 10.2 Å². The molecule has 0 heterocycles. The average molecular weight is 711 g/mol. The number of halogens is 2. The van der Waals surface area contributed by atoms with E-state index in [1.165, 1.54) is 41.3 Å². The molecule has 0 spiro atoms. The van der Waals surface area contributed by atoms with E-state index in [0.29, 0.717) is 12.4 Å². The molecule has 8 nitrogen and oxygen atoms in total. The van der Waals surface area contributed by atoms with Crippen molar-refractivity contribution in [3.8, 4) is 5.75 Å². The second kappa shape index (κ2) is 15.9. The van der Waals surface area contributed by atoms with Crippen LogP contribution in [0.15, 0.2) is 112 Å². The molecule has 4 aromatic rings. The largest absolute Gasteiger partial charge is 0.494 e. The number of ether oxygens (including phenoxy) is 1. The molecule has 1 N–H and O–H groups in total. The van der Waals surface area contributed by atoms with E-state index >= 15 is 0 Å². The first-order valence-corrected chi connectivity index (χ1v) is 17.1. The van der Waals surface area contributed by atoms with Gasteiger partial charge < -0.3 is 15.0 Å². The predicted octanol–water partition coefficient (Wildman–Crippen LogP) is 6.35. The maximum absolute atomic E-state index is 14.5. The number of hydrogen-bond donors (Lipinski definition) is 1. The molecule has 0 aliphatic rings. The maximum atomic E-state index is 14.5. The van der Waals surface area contributed by atoms with E-state index in [1.54, 1.807) is 0 Å². The Bertz CT molecular complexity index is 1720. The molecule has 0 saturated heterocycles. The van der Waals surface area contributed by atoms with Gasteiger partial charge in [0.25, 0.3) is 10.0 Å². The Kier molecular flexibility index (Phi) is 11.9. The van der Waals surface area contributed by atoms with Crippen molar-refractivity contribution < 1.29 is 27.1 Å². The number of rotatable bonds is 14. The van der Waals surface area contributed by atoms with Gasteiger partial charge in [0.2, 0.25) is 11.8 Å². The van der Waals surface area contributed by atoms with Crippen molar-refractivity contribution in [3.63, 3.8) is 0 Å². The Morgan fingerprint density at radius 3 is 2.15 bits per heavy atom. The van der Waals surface area contributed by atoms with Gasteiger partial charge >= 0.3 is 0 Å². The van der Waals surface area contributed by atoms with E-state index in [9.17, 15) is 22.4 Å². The number of sulfonamides is 1. The summed E-state index contributed by atoms with van der Waals surface area (Å²) in [6.07, 6.45) is 0.196. The first kappa shape index (κ1) is 34.6. The van der Waals surface area contributed by atoms with Crippen LogP contribution in [0.4, 0.5) is 10.1 Å². The van der Waals surface area contributed by atoms with Crippen molar-refractivity contribution in [2.24, 2.45) is 0 Å². The third kappa shape index (κ3) is 9.17. The van der Waals surface area contributed by atoms with Crippen LogP contribution in [0.5, 0.6) is 5.75 Å². The third-order valence-corrected chi connectivity index (χ3v) is 9.34. The summed E-state index contributed by atoms with van der Waals surface area (Å²) in [6, 6.07) is 26.2. The molecule has 0 radical (unpaired) electrons. The van der Waals surface area contributed by atoms with Crippen molar-refractivity contribution in [1.29, 1.82) is 0 Å². The fourth-order valence-corrected chi connectivity index (χ4v) is 6.77. The monoisotopic (exact) mass is 709 g/mol. The number of benzene rings is 4. The summed E-state index contributed by atoms with van der Waals surface area (Å²) >= 11 is 3.48. The number of hydrogen-bond acceptors (Lipinski definition) is 5. The molecule has 1 unspecified atom stereocenters. The van der Waals surface area contributed by atoms with Crippen molar-refractivity contribution in [3.05, 3.63) is 125 Å². The lowest BCUT2D eigenvalue weighted by Gasteiger charge is -2.34. The molecule has 46 heavy (non-hydrogen) atoms. The molecule has 4 rings (SSSR count). The van der Waals surface area contributed by atoms with Gasteiger partial charge in [0.15, 0.2) is 0 Å². The molecule has 4 aromatic carbocycles. The first-order chi connectivity index (χ1) is 22.0. The van der Waals surface area contributed by atoms with Crippen LogP contribution in [-0.4, -0.2) is 50.4 Å². The van der Waals surface area contributed by atoms with Crippen LogP contribution in [0.1, 0.15) is 31.9 Å². The third-order valence-electron chi connectivity index (χ3n) is 7.06. The highest BCUT2D eigenvalue weighted by Gasteiger charge is 2.35. The lowest BCUT2D eigenvalue weighted by atomic mass is 10.0. The van der Waals surface area contributed by atoms with Gasteiger partial charge in [0.1, 0.15) is 24.2 Å². The molecular weight excluding hydrogens is 673 g/mol. The number of anilines is 1. The fourth-order valence-electron chi connectivity index (χ4n) is 4.90. The van der Waals surface area contributed by atoms with Gasteiger partial charge in [-0.1, -0.05) is 58.4 Å². The number of amides is 2. The molecule has 242 valence electrons. The van der Waals surface area contributed by atoms with Crippen LogP contribution in [-0.2, 0) is 32.6 Å². The first-order valence-electron chi connectivity index (χ1n) is 14.9. The van der Waals surface area contributed by atoms with E-state index in [4.69, 9.17) is 4.74 Å². The molecule has 0 fully saturated rings. The Balaban J connectivity index is 1.79. The Morgan fingerprint density at radius 1 is 0.891 bits per heavy atom.